The van der Waals surface area contributed by atoms with E-state index in [0.717, 1.165) is 0 Å². The van der Waals surface area contributed by atoms with Crippen LogP contribution in [0.1, 0.15) is 0 Å². The van der Waals surface area contributed by atoms with E-state index in [2.05, 4.69) is 0 Å². The molecular weight excluding hydrogens is 604 g/mol. The molecule has 0 amide bonds. The van der Waals surface area contributed by atoms with Crippen molar-refractivity contribution in [2.75, 3.05) is 27.4 Å². The first-order valence-corrected chi connectivity index (χ1v) is 13.8. The number of hydrogen-bond acceptors (Lipinski definition) is 16. The highest BCUT2D eigenvalue weighted by Gasteiger charge is 2.46. The van der Waals surface area contributed by atoms with Gasteiger partial charge in [-0.05, 0) is 17.7 Å². The van der Waals surface area contributed by atoms with Crippen molar-refractivity contribution in [2.24, 2.45) is 0 Å². The second-order valence-electron chi connectivity index (χ2n) is 10.5. The molecule has 2 aliphatic heterocycles. The Bertz CT molecular complexity index is 1540. The van der Waals surface area contributed by atoms with Gasteiger partial charge in [0.2, 0.25) is 18.0 Å². The SMILES string of the molecule is COc1cc(O[C@@H]2O[C@H](CO)[C@@H](O)[C@H](O)[C@H]2O)c2c(=O)c(-c3ccc(O[C@@H]4O[C@H](CO)[C@@H](O)[C@H](O)[C@H]4O)c(OC)c3)coc2c1. The van der Waals surface area contributed by atoms with Crippen molar-refractivity contribution >= 4 is 11.0 Å². The minimum Gasteiger partial charge on any atom is -0.496 e. The Balaban J connectivity index is 1.50. The number of rotatable bonds is 9. The van der Waals surface area contributed by atoms with Crippen LogP contribution in [0.15, 0.2) is 45.8 Å². The van der Waals surface area contributed by atoms with Crippen LogP contribution in [0.2, 0.25) is 0 Å². The maximum atomic E-state index is 13.9. The molecule has 16 heteroatoms. The number of ether oxygens (including phenoxy) is 6. The molecule has 3 heterocycles. The lowest BCUT2D eigenvalue weighted by Crippen LogP contribution is -2.60. The molecule has 246 valence electrons. The van der Waals surface area contributed by atoms with Crippen molar-refractivity contribution in [1.29, 1.82) is 0 Å². The first-order valence-electron chi connectivity index (χ1n) is 13.8. The summed E-state index contributed by atoms with van der Waals surface area (Å²) >= 11 is 0. The highest BCUT2D eigenvalue weighted by atomic mass is 16.7. The zero-order chi connectivity index (χ0) is 32.6. The summed E-state index contributed by atoms with van der Waals surface area (Å²) in [6.07, 6.45) is -14.3. The Hall–Kier alpha value is -3.55. The molecular formula is C29H34O16. The van der Waals surface area contributed by atoms with E-state index in [-0.39, 0.29) is 39.5 Å². The molecule has 3 aromatic rings. The number of aliphatic hydroxyl groups excluding tert-OH is 8. The molecule has 5 rings (SSSR count). The number of benzene rings is 2. The average molecular weight is 639 g/mol. The molecule has 0 radical (unpaired) electrons. The highest BCUT2D eigenvalue weighted by Crippen LogP contribution is 2.37. The van der Waals surface area contributed by atoms with Crippen molar-refractivity contribution in [2.45, 2.75) is 61.4 Å². The Morgan fingerprint density at radius 2 is 1.27 bits per heavy atom. The molecule has 0 unspecified atom stereocenters. The van der Waals surface area contributed by atoms with Crippen LogP contribution in [-0.4, -0.2) is 130 Å². The molecule has 8 N–H and O–H groups in total. The number of methoxy groups -OCH3 is 2. The molecule has 0 bridgehead atoms. The third kappa shape index (κ3) is 6.17. The molecule has 45 heavy (non-hydrogen) atoms. The summed E-state index contributed by atoms with van der Waals surface area (Å²) in [7, 11) is 2.69. The van der Waals surface area contributed by atoms with Crippen molar-refractivity contribution in [1.82, 2.24) is 0 Å². The summed E-state index contributed by atoms with van der Waals surface area (Å²) in [5.74, 6) is 0.178. The fourth-order valence-corrected chi connectivity index (χ4v) is 5.12. The normalized spacial score (nSPS) is 31.9. The molecule has 0 spiro atoms. The monoisotopic (exact) mass is 638 g/mol. The van der Waals surface area contributed by atoms with E-state index in [0.29, 0.717) is 5.56 Å². The second-order valence-corrected chi connectivity index (χ2v) is 10.5. The average Bonchev–Trinajstić information content (AvgIpc) is 3.05. The van der Waals surface area contributed by atoms with Gasteiger partial charge in [-0.2, -0.15) is 0 Å². The smallest absolute Gasteiger partial charge is 0.229 e. The molecule has 2 fully saturated rings. The lowest BCUT2D eigenvalue weighted by Gasteiger charge is -2.39. The van der Waals surface area contributed by atoms with Crippen LogP contribution in [0.3, 0.4) is 0 Å². The van der Waals surface area contributed by atoms with E-state index in [4.69, 9.17) is 32.8 Å². The van der Waals surface area contributed by atoms with Crippen LogP contribution in [0.5, 0.6) is 23.0 Å². The predicted molar refractivity (Wildman–Crippen MR) is 150 cm³/mol. The summed E-state index contributed by atoms with van der Waals surface area (Å²) in [6, 6.07) is 7.07. The van der Waals surface area contributed by atoms with Gasteiger partial charge in [0.1, 0.15) is 77.6 Å². The minimum absolute atomic E-state index is 0.0315. The van der Waals surface area contributed by atoms with Crippen LogP contribution in [0.4, 0.5) is 0 Å². The summed E-state index contributed by atoms with van der Waals surface area (Å²) in [5.41, 5.74) is -0.234. The lowest BCUT2D eigenvalue weighted by molar-refractivity contribution is -0.277. The van der Waals surface area contributed by atoms with E-state index in [1.165, 1.54) is 50.8 Å². The Labute approximate surface area is 254 Å². The van der Waals surface area contributed by atoms with Gasteiger partial charge in [-0.3, -0.25) is 4.79 Å². The Kier molecular flexibility index (Phi) is 9.80. The summed E-state index contributed by atoms with van der Waals surface area (Å²) in [6.45, 7) is -1.33. The summed E-state index contributed by atoms with van der Waals surface area (Å²) in [4.78, 5) is 13.9. The first kappa shape index (κ1) is 32.8. The van der Waals surface area contributed by atoms with Crippen molar-refractivity contribution in [3.63, 3.8) is 0 Å². The minimum atomic E-state index is -1.75. The van der Waals surface area contributed by atoms with Gasteiger partial charge in [-0.15, -0.1) is 0 Å². The van der Waals surface area contributed by atoms with E-state index in [1.54, 1.807) is 0 Å². The topological polar surface area (TPSA) is 247 Å². The van der Waals surface area contributed by atoms with E-state index in [1.807, 2.05) is 0 Å². The fourth-order valence-electron chi connectivity index (χ4n) is 5.12. The van der Waals surface area contributed by atoms with Crippen molar-refractivity contribution in [3.8, 4) is 34.1 Å². The largest absolute Gasteiger partial charge is 0.496 e. The zero-order valence-corrected chi connectivity index (χ0v) is 24.0. The lowest BCUT2D eigenvalue weighted by atomic mass is 9.99. The van der Waals surface area contributed by atoms with Crippen molar-refractivity contribution in [3.05, 3.63) is 46.8 Å². The van der Waals surface area contributed by atoms with E-state index >= 15 is 0 Å². The van der Waals surface area contributed by atoms with Crippen LogP contribution in [0.25, 0.3) is 22.1 Å². The van der Waals surface area contributed by atoms with E-state index < -0.39 is 80.1 Å². The zero-order valence-electron chi connectivity index (χ0n) is 24.0. The molecule has 10 atom stereocenters. The van der Waals surface area contributed by atoms with Gasteiger partial charge in [0.15, 0.2) is 11.5 Å². The molecule has 2 aromatic carbocycles. The first-order chi connectivity index (χ1) is 21.5. The van der Waals surface area contributed by atoms with Gasteiger partial charge in [0.05, 0.1) is 33.0 Å². The molecule has 2 aliphatic rings. The third-order valence-corrected chi connectivity index (χ3v) is 7.71. The van der Waals surface area contributed by atoms with Crippen LogP contribution < -0.4 is 24.4 Å². The van der Waals surface area contributed by atoms with E-state index in [9.17, 15) is 45.6 Å². The molecule has 2 saturated heterocycles. The maximum absolute atomic E-state index is 13.9. The maximum Gasteiger partial charge on any atom is 0.229 e. The molecule has 0 saturated carbocycles. The van der Waals surface area contributed by atoms with Gasteiger partial charge in [-0.1, -0.05) is 6.07 Å². The number of fused-ring (bicyclic) bond motifs is 1. The van der Waals surface area contributed by atoms with Gasteiger partial charge >= 0.3 is 0 Å². The van der Waals surface area contributed by atoms with Gasteiger partial charge in [0, 0.05) is 12.1 Å². The van der Waals surface area contributed by atoms with Crippen molar-refractivity contribution < 1.29 is 73.7 Å². The molecule has 16 nitrogen and oxygen atoms in total. The summed E-state index contributed by atoms with van der Waals surface area (Å²) < 4.78 is 38.8. The second kappa shape index (κ2) is 13.4. The quantitative estimate of drug-likeness (QED) is 0.124. The van der Waals surface area contributed by atoms with Crippen LogP contribution in [-0.2, 0) is 9.47 Å². The number of hydrogen-bond donors (Lipinski definition) is 8. The highest BCUT2D eigenvalue weighted by molar-refractivity contribution is 5.88. The summed E-state index contributed by atoms with van der Waals surface area (Å²) in [5, 5.41) is 80.1. The fraction of sp³-hybridized carbons (Fsp3) is 0.483. The predicted octanol–water partition coefficient (Wildman–Crippen LogP) is -2.17. The number of aliphatic hydroxyl groups is 8. The van der Waals surface area contributed by atoms with Gasteiger partial charge in [0.25, 0.3) is 0 Å². The molecule has 1 aromatic heterocycles. The van der Waals surface area contributed by atoms with Crippen LogP contribution >= 0.6 is 0 Å². The van der Waals surface area contributed by atoms with Gasteiger partial charge in [-0.25, -0.2) is 0 Å². The van der Waals surface area contributed by atoms with Crippen LogP contribution in [0, 0.1) is 0 Å². The third-order valence-electron chi connectivity index (χ3n) is 7.71. The standard InChI is InChI=1S/C29H34O16/c1-39-12-6-16-20(17(7-12)43-29-27(38)25(36)23(34)19(9-31)45-29)21(32)13(10-41-16)11-3-4-14(15(5-11)40-2)42-28-26(37)24(35)22(33)18(8-30)44-28/h3-7,10,18-19,22-31,33-38H,8-9H2,1-2H3/t18-,19-,22-,23-,24+,25+,26-,27-,28-,29-/m1/s1. The Morgan fingerprint density at radius 3 is 1.80 bits per heavy atom. The van der Waals surface area contributed by atoms with Gasteiger partial charge < -0.3 is 73.7 Å². The Morgan fingerprint density at radius 1 is 0.689 bits per heavy atom. The molecule has 0 aliphatic carbocycles.